The second-order valence-corrected chi connectivity index (χ2v) is 5.83. The van der Waals surface area contributed by atoms with E-state index in [1.807, 2.05) is 37.4 Å². The fourth-order valence-electron chi connectivity index (χ4n) is 2.09. The van der Waals surface area contributed by atoms with Crippen molar-refractivity contribution in [2.45, 2.75) is 13.5 Å². The smallest absolute Gasteiger partial charge is 0.414 e. The molecule has 0 saturated carbocycles. The number of ether oxygens (including phenoxy) is 1. The van der Waals surface area contributed by atoms with Crippen LogP contribution in [0.15, 0.2) is 30.5 Å². The molecule has 0 atom stereocenters. The van der Waals surface area contributed by atoms with Crippen LogP contribution < -0.4 is 10.2 Å². The quantitative estimate of drug-likeness (QED) is 0.940. The molecular formula is C14H15N3O2S. The molecule has 20 heavy (non-hydrogen) atoms. The Kier molecular flexibility index (Phi) is 3.56. The zero-order chi connectivity index (χ0) is 13.9. The molecule has 5 nitrogen and oxygen atoms in total. The van der Waals surface area contributed by atoms with Gasteiger partial charge in [0.15, 0.2) is 0 Å². The van der Waals surface area contributed by atoms with Gasteiger partial charge in [-0.25, -0.2) is 9.78 Å². The number of amides is 1. The number of aryl methyl sites for hydroxylation is 1. The van der Waals surface area contributed by atoms with Gasteiger partial charge in [0.05, 0.1) is 18.1 Å². The van der Waals surface area contributed by atoms with Crippen LogP contribution in [-0.2, 0) is 11.3 Å². The molecule has 1 aromatic heterocycles. The molecule has 0 bridgehead atoms. The molecule has 0 radical (unpaired) electrons. The lowest BCUT2D eigenvalue weighted by molar-refractivity contribution is 0.181. The van der Waals surface area contributed by atoms with Gasteiger partial charge in [-0.1, -0.05) is 6.07 Å². The van der Waals surface area contributed by atoms with Crippen LogP contribution in [-0.4, -0.2) is 24.2 Å². The van der Waals surface area contributed by atoms with Crippen molar-refractivity contribution in [2.24, 2.45) is 0 Å². The van der Waals surface area contributed by atoms with Crippen molar-refractivity contribution < 1.29 is 9.53 Å². The van der Waals surface area contributed by atoms with Gasteiger partial charge >= 0.3 is 6.09 Å². The average molecular weight is 289 g/mol. The molecule has 1 fully saturated rings. The fourth-order valence-corrected chi connectivity index (χ4v) is 2.82. The van der Waals surface area contributed by atoms with E-state index < -0.39 is 0 Å². The second-order valence-electron chi connectivity index (χ2n) is 4.52. The zero-order valence-corrected chi connectivity index (χ0v) is 11.9. The van der Waals surface area contributed by atoms with Gasteiger partial charge in [-0.05, 0) is 25.1 Å². The molecule has 1 aliphatic heterocycles. The number of anilines is 2. The van der Waals surface area contributed by atoms with Gasteiger partial charge in [-0.2, -0.15) is 0 Å². The van der Waals surface area contributed by atoms with E-state index in [1.54, 1.807) is 16.2 Å². The summed E-state index contributed by atoms with van der Waals surface area (Å²) < 4.78 is 4.95. The minimum atomic E-state index is -0.278. The highest BCUT2D eigenvalue weighted by Crippen LogP contribution is 2.23. The van der Waals surface area contributed by atoms with Crippen molar-refractivity contribution in [3.05, 3.63) is 40.3 Å². The third-order valence-corrected chi connectivity index (χ3v) is 3.97. The number of benzene rings is 1. The maximum absolute atomic E-state index is 11.5. The molecule has 1 N–H and O–H groups in total. The van der Waals surface area contributed by atoms with Crippen molar-refractivity contribution in [1.82, 2.24) is 4.98 Å². The van der Waals surface area contributed by atoms with Crippen LogP contribution >= 0.6 is 11.3 Å². The first-order chi connectivity index (χ1) is 9.72. The zero-order valence-electron chi connectivity index (χ0n) is 11.1. The monoisotopic (exact) mass is 289 g/mol. The summed E-state index contributed by atoms with van der Waals surface area (Å²) in [6.07, 6.45) is 1.61. The Bertz CT molecular complexity index is 626. The highest BCUT2D eigenvalue weighted by molar-refractivity contribution is 7.11. The predicted octanol–water partition coefficient (Wildman–Crippen LogP) is 3.02. The molecular weight excluding hydrogens is 274 g/mol. The van der Waals surface area contributed by atoms with Crippen molar-refractivity contribution in [2.75, 3.05) is 23.4 Å². The Hall–Kier alpha value is -2.08. The third-order valence-electron chi connectivity index (χ3n) is 3.05. The van der Waals surface area contributed by atoms with E-state index in [0.717, 1.165) is 22.9 Å². The number of aromatic nitrogens is 1. The molecule has 1 amide bonds. The largest absolute Gasteiger partial charge is 0.447 e. The molecule has 104 valence electrons. The minimum Gasteiger partial charge on any atom is -0.447 e. The van der Waals surface area contributed by atoms with Crippen molar-refractivity contribution in [3.8, 4) is 0 Å². The summed E-state index contributed by atoms with van der Waals surface area (Å²) in [6.45, 7) is 3.79. The van der Waals surface area contributed by atoms with Crippen LogP contribution in [0.2, 0.25) is 0 Å². The van der Waals surface area contributed by atoms with Crippen LogP contribution in [0.5, 0.6) is 0 Å². The summed E-state index contributed by atoms with van der Waals surface area (Å²) in [4.78, 5) is 18.6. The molecule has 2 aromatic rings. The lowest BCUT2D eigenvalue weighted by Crippen LogP contribution is -2.23. The Morgan fingerprint density at radius 1 is 1.50 bits per heavy atom. The van der Waals surface area contributed by atoms with Crippen molar-refractivity contribution in [1.29, 1.82) is 0 Å². The lowest BCUT2D eigenvalue weighted by atomic mass is 10.2. The minimum absolute atomic E-state index is 0.278. The van der Waals surface area contributed by atoms with Gasteiger partial charge in [0.1, 0.15) is 6.61 Å². The Morgan fingerprint density at radius 3 is 3.10 bits per heavy atom. The van der Waals surface area contributed by atoms with Gasteiger partial charge in [0.25, 0.3) is 0 Å². The molecule has 3 rings (SSSR count). The standard InChI is InChI=1S/C14H15N3O2S/c1-10-15-8-13(20-10)9-16-11-3-2-4-12(7-11)17-5-6-19-14(17)18/h2-4,7-8,16H,5-6,9H2,1H3. The SMILES string of the molecule is Cc1ncc(CNc2cccc(N3CCOC3=O)c2)s1. The number of thiazole rings is 1. The van der Waals surface area contributed by atoms with E-state index >= 15 is 0 Å². The highest BCUT2D eigenvalue weighted by Gasteiger charge is 2.23. The van der Waals surface area contributed by atoms with E-state index in [9.17, 15) is 4.79 Å². The number of rotatable bonds is 4. The van der Waals surface area contributed by atoms with Gasteiger partial charge in [0.2, 0.25) is 0 Å². The van der Waals surface area contributed by atoms with Gasteiger partial charge < -0.3 is 10.1 Å². The summed E-state index contributed by atoms with van der Waals surface area (Å²) in [5.74, 6) is 0. The van der Waals surface area contributed by atoms with E-state index in [0.29, 0.717) is 13.2 Å². The highest BCUT2D eigenvalue weighted by atomic mass is 32.1. The maximum Gasteiger partial charge on any atom is 0.414 e. The molecule has 0 aliphatic carbocycles. The molecule has 6 heteroatoms. The van der Waals surface area contributed by atoms with Crippen LogP contribution in [0.4, 0.5) is 16.2 Å². The first kappa shape index (κ1) is 12.9. The Balaban J connectivity index is 1.69. The van der Waals surface area contributed by atoms with Gasteiger partial charge in [0, 0.05) is 22.4 Å². The number of hydrogen-bond donors (Lipinski definition) is 1. The first-order valence-electron chi connectivity index (χ1n) is 6.42. The predicted molar refractivity (Wildman–Crippen MR) is 79.3 cm³/mol. The second kappa shape index (κ2) is 5.50. The van der Waals surface area contributed by atoms with Crippen LogP contribution in [0.3, 0.4) is 0 Å². The Labute approximate surface area is 121 Å². The number of hydrogen-bond acceptors (Lipinski definition) is 5. The molecule has 0 spiro atoms. The third kappa shape index (κ3) is 2.75. The van der Waals surface area contributed by atoms with Crippen LogP contribution in [0.25, 0.3) is 0 Å². The van der Waals surface area contributed by atoms with Gasteiger partial charge in [-0.3, -0.25) is 4.90 Å². The number of cyclic esters (lactones) is 1. The van der Waals surface area contributed by atoms with Gasteiger partial charge in [-0.15, -0.1) is 11.3 Å². The molecule has 1 aromatic carbocycles. The number of carbonyl (C=O) groups is 1. The van der Waals surface area contributed by atoms with E-state index in [2.05, 4.69) is 10.3 Å². The first-order valence-corrected chi connectivity index (χ1v) is 7.23. The van der Waals surface area contributed by atoms with Crippen molar-refractivity contribution in [3.63, 3.8) is 0 Å². The summed E-state index contributed by atoms with van der Waals surface area (Å²) in [6, 6.07) is 7.79. The normalized spacial score (nSPS) is 14.4. The molecule has 0 unspecified atom stereocenters. The average Bonchev–Trinajstić information content (AvgIpc) is 3.05. The number of carbonyl (C=O) groups excluding carboxylic acids is 1. The Morgan fingerprint density at radius 2 is 2.40 bits per heavy atom. The van der Waals surface area contributed by atoms with Crippen molar-refractivity contribution >= 4 is 28.8 Å². The fraction of sp³-hybridized carbons (Fsp3) is 0.286. The van der Waals surface area contributed by atoms with E-state index in [4.69, 9.17) is 4.74 Å². The number of nitrogens with one attached hydrogen (secondary N) is 1. The number of nitrogens with zero attached hydrogens (tertiary/aromatic N) is 2. The summed E-state index contributed by atoms with van der Waals surface area (Å²) >= 11 is 1.68. The molecule has 1 saturated heterocycles. The summed E-state index contributed by atoms with van der Waals surface area (Å²) in [7, 11) is 0. The van der Waals surface area contributed by atoms with E-state index in [1.165, 1.54) is 4.88 Å². The summed E-state index contributed by atoms with van der Waals surface area (Å²) in [5.41, 5.74) is 1.84. The molecule has 2 heterocycles. The molecule has 1 aliphatic rings. The summed E-state index contributed by atoms with van der Waals surface area (Å²) in [5, 5.41) is 4.41. The maximum atomic E-state index is 11.5. The van der Waals surface area contributed by atoms with Crippen LogP contribution in [0.1, 0.15) is 9.88 Å². The lowest BCUT2D eigenvalue weighted by Gasteiger charge is -2.14. The topological polar surface area (TPSA) is 54.5 Å². The van der Waals surface area contributed by atoms with Crippen LogP contribution in [0, 0.1) is 6.92 Å². The van der Waals surface area contributed by atoms with E-state index in [-0.39, 0.29) is 6.09 Å².